The second-order valence-corrected chi connectivity index (χ2v) is 11.6. The highest BCUT2D eigenvalue weighted by Crippen LogP contribution is 2.38. The lowest BCUT2D eigenvalue weighted by atomic mass is 9.77. The van der Waals surface area contributed by atoms with Crippen molar-refractivity contribution < 1.29 is 23.4 Å². The number of halogens is 1. The number of rotatable bonds is 11. The molecule has 4 heterocycles. The van der Waals surface area contributed by atoms with E-state index in [1.807, 2.05) is 25.1 Å². The summed E-state index contributed by atoms with van der Waals surface area (Å²) < 4.78 is 22.8. The van der Waals surface area contributed by atoms with Gasteiger partial charge in [-0.3, -0.25) is 4.79 Å². The van der Waals surface area contributed by atoms with Crippen molar-refractivity contribution in [1.82, 2.24) is 14.9 Å². The Morgan fingerprint density at radius 2 is 1.95 bits per heavy atom. The van der Waals surface area contributed by atoms with Crippen LogP contribution in [-0.4, -0.2) is 60.1 Å². The molecule has 214 valence electrons. The summed E-state index contributed by atoms with van der Waals surface area (Å²) >= 11 is 6.51. The van der Waals surface area contributed by atoms with E-state index < -0.39 is 0 Å². The maximum Gasteiger partial charge on any atom is 0.230 e. The highest BCUT2D eigenvalue weighted by atomic mass is 35.5. The van der Waals surface area contributed by atoms with E-state index in [1.54, 1.807) is 30.7 Å². The minimum absolute atomic E-state index is 0.0566. The quantitative estimate of drug-likeness (QED) is 0.195. The molecular weight excluding hydrogens is 542 g/mol. The fourth-order valence-corrected chi connectivity index (χ4v) is 5.79. The molecule has 0 N–H and O–H groups in total. The first-order chi connectivity index (χ1) is 20.0. The molecular formula is C32H34ClN3O5. The van der Waals surface area contributed by atoms with E-state index in [4.69, 9.17) is 30.2 Å². The number of furan rings is 1. The number of fused-ring (bicyclic) bond motifs is 1. The molecule has 2 saturated heterocycles. The van der Waals surface area contributed by atoms with Crippen LogP contribution in [0.4, 0.5) is 0 Å². The standard InChI is InChI=1S/C32H34ClN3O5/c1-22-13-27-29(17-30(22)40-11-2-8-36-9-6-32(7-10-36)19-39-20-32)34-21-35-31(27)41-26-4-3-24(28(33)16-26)15-25(37)14-23-5-12-38-18-23/h3-5,12-13,16-18,21H,2,6-11,14-15,19-20H2,1H3. The summed E-state index contributed by atoms with van der Waals surface area (Å²) in [4.78, 5) is 23.8. The average Bonchev–Trinajstić information content (AvgIpc) is 3.45. The van der Waals surface area contributed by atoms with Crippen molar-refractivity contribution in [3.63, 3.8) is 0 Å². The number of hydrogen-bond donors (Lipinski definition) is 0. The Morgan fingerprint density at radius 1 is 1.10 bits per heavy atom. The number of benzene rings is 2. The zero-order chi connectivity index (χ0) is 28.2. The Kier molecular flexibility index (Phi) is 8.23. The van der Waals surface area contributed by atoms with Crippen LogP contribution >= 0.6 is 11.6 Å². The van der Waals surface area contributed by atoms with Gasteiger partial charge in [0.25, 0.3) is 0 Å². The van der Waals surface area contributed by atoms with Crippen LogP contribution in [0.25, 0.3) is 10.9 Å². The van der Waals surface area contributed by atoms with Gasteiger partial charge >= 0.3 is 0 Å². The Balaban J connectivity index is 1.05. The topological polar surface area (TPSA) is 86.9 Å². The molecule has 0 unspecified atom stereocenters. The summed E-state index contributed by atoms with van der Waals surface area (Å²) in [5, 5.41) is 1.25. The van der Waals surface area contributed by atoms with Crippen LogP contribution in [0.2, 0.25) is 5.02 Å². The fourth-order valence-electron chi connectivity index (χ4n) is 5.55. The van der Waals surface area contributed by atoms with Gasteiger partial charge in [0, 0.05) is 35.9 Å². The van der Waals surface area contributed by atoms with Crippen LogP contribution in [0.3, 0.4) is 0 Å². The van der Waals surface area contributed by atoms with Crippen LogP contribution in [0, 0.1) is 12.3 Å². The van der Waals surface area contributed by atoms with E-state index >= 15 is 0 Å². The van der Waals surface area contributed by atoms with E-state index in [0.717, 1.165) is 72.6 Å². The first-order valence-corrected chi connectivity index (χ1v) is 14.5. The van der Waals surface area contributed by atoms with E-state index in [1.165, 1.54) is 19.2 Å². The van der Waals surface area contributed by atoms with Gasteiger partial charge in [-0.15, -0.1) is 0 Å². The van der Waals surface area contributed by atoms with Gasteiger partial charge in [0.1, 0.15) is 23.6 Å². The molecule has 0 bridgehead atoms. The summed E-state index contributed by atoms with van der Waals surface area (Å²) in [6.07, 6.45) is 8.62. The number of Topliss-reactive ketones (excluding diaryl/α,β-unsaturated/α-hetero) is 1. The third-order valence-corrected chi connectivity index (χ3v) is 8.46. The number of nitrogens with zero attached hydrogens (tertiary/aromatic N) is 3. The van der Waals surface area contributed by atoms with Crippen LogP contribution in [0.15, 0.2) is 59.7 Å². The van der Waals surface area contributed by atoms with Crippen molar-refractivity contribution in [2.75, 3.05) is 39.5 Å². The highest BCUT2D eigenvalue weighted by molar-refractivity contribution is 6.31. The number of carbonyl (C=O) groups excluding carboxylic acids is 1. The summed E-state index contributed by atoms with van der Waals surface area (Å²) in [6.45, 7) is 7.90. The molecule has 2 aromatic heterocycles. The van der Waals surface area contributed by atoms with Crippen molar-refractivity contribution in [1.29, 1.82) is 0 Å². The van der Waals surface area contributed by atoms with Gasteiger partial charge in [-0.05, 0) is 80.2 Å². The molecule has 8 nitrogen and oxygen atoms in total. The second kappa shape index (κ2) is 12.2. The average molecular weight is 576 g/mol. The van der Waals surface area contributed by atoms with Gasteiger partial charge < -0.3 is 23.5 Å². The van der Waals surface area contributed by atoms with Gasteiger partial charge in [0.2, 0.25) is 5.88 Å². The molecule has 0 aliphatic carbocycles. The molecule has 0 atom stereocenters. The Hall–Kier alpha value is -3.46. The molecule has 41 heavy (non-hydrogen) atoms. The molecule has 2 aliphatic heterocycles. The maximum absolute atomic E-state index is 12.4. The molecule has 2 fully saturated rings. The molecule has 2 aliphatic rings. The van der Waals surface area contributed by atoms with E-state index in [2.05, 4.69) is 14.9 Å². The fraction of sp³-hybridized carbons (Fsp3) is 0.406. The van der Waals surface area contributed by atoms with Crippen LogP contribution in [0.5, 0.6) is 17.4 Å². The number of aromatic nitrogens is 2. The van der Waals surface area contributed by atoms with Gasteiger partial charge in [0.15, 0.2) is 0 Å². The van der Waals surface area contributed by atoms with E-state index in [0.29, 0.717) is 35.1 Å². The van der Waals surface area contributed by atoms with Crippen molar-refractivity contribution in [2.45, 2.75) is 39.0 Å². The first kappa shape index (κ1) is 27.7. The largest absolute Gasteiger partial charge is 0.493 e. The van der Waals surface area contributed by atoms with Crippen molar-refractivity contribution in [2.24, 2.45) is 5.41 Å². The second-order valence-electron chi connectivity index (χ2n) is 11.2. The van der Waals surface area contributed by atoms with Crippen molar-refractivity contribution in [3.05, 3.63) is 77.0 Å². The number of carbonyl (C=O) groups is 1. The molecule has 0 radical (unpaired) electrons. The van der Waals surface area contributed by atoms with Crippen molar-refractivity contribution >= 4 is 28.3 Å². The predicted octanol–water partition coefficient (Wildman–Crippen LogP) is 6.21. The monoisotopic (exact) mass is 575 g/mol. The summed E-state index contributed by atoms with van der Waals surface area (Å²) in [6, 6.07) is 11.1. The van der Waals surface area contributed by atoms with E-state index in [9.17, 15) is 4.79 Å². The summed E-state index contributed by atoms with van der Waals surface area (Å²) in [5.41, 5.74) is 3.80. The van der Waals surface area contributed by atoms with Gasteiger partial charge in [-0.1, -0.05) is 17.7 Å². The van der Waals surface area contributed by atoms with Crippen LogP contribution in [-0.2, 0) is 22.4 Å². The number of likely N-dealkylation sites (tertiary alicyclic amines) is 1. The van der Waals surface area contributed by atoms with Crippen LogP contribution < -0.4 is 9.47 Å². The Labute approximate surface area is 244 Å². The SMILES string of the molecule is Cc1cc2c(Oc3ccc(CC(=O)Cc4ccoc4)c(Cl)c3)ncnc2cc1OCCCN1CCC2(CC1)COC2. The molecule has 1 spiro atoms. The lowest BCUT2D eigenvalue weighted by Gasteiger charge is -2.47. The third kappa shape index (κ3) is 6.56. The summed E-state index contributed by atoms with van der Waals surface area (Å²) in [5.74, 6) is 1.84. The smallest absolute Gasteiger partial charge is 0.230 e. The number of aryl methyl sites for hydroxylation is 1. The number of ketones is 1. The van der Waals surface area contributed by atoms with Gasteiger partial charge in [-0.25, -0.2) is 9.97 Å². The predicted molar refractivity (Wildman–Crippen MR) is 156 cm³/mol. The summed E-state index contributed by atoms with van der Waals surface area (Å²) in [7, 11) is 0. The number of hydrogen-bond acceptors (Lipinski definition) is 8. The number of piperidine rings is 1. The van der Waals surface area contributed by atoms with E-state index in [-0.39, 0.29) is 12.2 Å². The van der Waals surface area contributed by atoms with Crippen LogP contribution in [0.1, 0.15) is 36.0 Å². The van der Waals surface area contributed by atoms with Gasteiger partial charge in [0.05, 0.1) is 43.2 Å². The lowest BCUT2D eigenvalue weighted by Crippen LogP contribution is -2.51. The zero-order valence-electron chi connectivity index (χ0n) is 23.2. The highest BCUT2D eigenvalue weighted by Gasteiger charge is 2.40. The minimum Gasteiger partial charge on any atom is -0.493 e. The maximum atomic E-state index is 12.4. The lowest BCUT2D eigenvalue weighted by molar-refractivity contribution is -0.139. The molecule has 2 aromatic carbocycles. The Morgan fingerprint density at radius 3 is 2.68 bits per heavy atom. The molecule has 0 amide bonds. The molecule has 4 aromatic rings. The molecule has 9 heteroatoms. The number of ether oxygens (including phenoxy) is 3. The van der Waals surface area contributed by atoms with Gasteiger partial charge in [-0.2, -0.15) is 0 Å². The first-order valence-electron chi connectivity index (χ1n) is 14.1. The molecule has 0 saturated carbocycles. The molecule has 6 rings (SSSR count). The Bertz CT molecular complexity index is 1510. The van der Waals surface area contributed by atoms with Crippen molar-refractivity contribution in [3.8, 4) is 17.4 Å². The normalized spacial score (nSPS) is 16.5. The zero-order valence-corrected chi connectivity index (χ0v) is 24.0. The minimum atomic E-state index is 0.0566. The third-order valence-electron chi connectivity index (χ3n) is 8.11.